The number of hydrogen-bond donors (Lipinski definition) is 0. The van der Waals surface area contributed by atoms with Crippen LogP contribution in [0.25, 0.3) is 0 Å². The number of rotatable bonds is 2. The second-order valence-corrected chi connectivity index (χ2v) is 4.79. The van der Waals surface area contributed by atoms with E-state index in [0.717, 1.165) is 13.0 Å². The van der Waals surface area contributed by atoms with Crippen molar-refractivity contribution in [3.05, 3.63) is 47.5 Å². The van der Waals surface area contributed by atoms with Crippen molar-refractivity contribution in [1.29, 1.82) is 0 Å². The SMILES string of the molecule is ClC[C@@H]1C2=CCCO[C@H]2[C@H]1c1ccccc1. The Morgan fingerprint density at radius 1 is 1.25 bits per heavy atom. The molecular weight excluding hydrogens is 220 g/mol. The van der Waals surface area contributed by atoms with Gasteiger partial charge in [0.25, 0.3) is 0 Å². The Hall–Kier alpha value is -0.790. The third kappa shape index (κ3) is 1.50. The molecule has 1 saturated carbocycles. The van der Waals surface area contributed by atoms with Crippen LogP contribution < -0.4 is 0 Å². The average Bonchev–Trinajstić information content (AvgIpc) is 2.33. The Bertz CT molecular complexity index is 398. The Kier molecular flexibility index (Phi) is 2.74. The van der Waals surface area contributed by atoms with Gasteiger partial charge in [-0.15, -0.1) is 11.6 Å². The van der Waals surface area contributed by atoms with Crippen molar-refractivity contribution in [3.63, 3.8) is 0 Å². The molecule has 1 nitrogen and oxygen atoms in total. The normalized spacial score (nSPS) is 32.6. The maximum Gasteiger partial charge on any atom is 0.0863 e. The first-order chi connectivity index (χ1) is 7.92. The zero-order valence-electron chi connectivity index (χ0n) is 9.10. The van der Waals surface area contributed by atoms with Gasteiger partial charge < -0.3 is 4.74 Å². The van der Waals surface area contributed by atoms with Crippen LogP contribution in [0.15, 0.2) is 42.0 Å². The molecule has 1 fully saturated rings. The van der Waals surface area contributed by atoms with Gasteiger partial charge in [0.1, 0.15) is 0 Å². The minimum Gasteiger partial charge on any atom is -0.373 e. The van der Waals surface area contributed by atoms with Crippen LogP contribution in [0.3, 0.4) is 0 Å². The Labute approximate surface area is 101 Å². The van der Waals surface area contributed by atoms with Crippen molar-refractivity contribution in [2.45, 2.75) is 18.4 Å². The van der Waals surface area contributed by atoms with Gasteiger partial charge in [0.05, 0.1) is 12.7 Å². The van der Waals surface area contributed by atoms with Crippen LogP contribution in [-0.2, 0) is 4.74 Å². The smallest absolute Gasteiger partial charge is 0.0863 e. The topological polar surface area (TPSA) is 9.23 Å². The van der Waals surface area contributed by atoms with E-state index in [2.05, 4.69) is 36.4 Å². The zero-order valence-corrected chi connectivity index (χ0v) is 9.86. The van der Waals surface area contributed by atoms with Crippen molar-refractivity contribution in [2.75, 3.05) is 12.5 Å². The van der Waals surface area contributed by atoms with Gasteiger partial charge in [0.15, 0.2) is 0 Å². The number of hydrogen-bond acceptors (Lipinski definition) is 1. The van der Waals surface area contributed by atoms with E-state index in [-0.39, 0.29) is 0 Å². The van der Waals surface area contributed by atoms with Crippen LogP contribution in [0.2, 0.25) is 0 Å². The molecular formula is C14H15ClO. The highest BCUT2D eigenvalue weighted by Crippen LogP contribution is 2.50. The molecule has 0 N–H and O–H groups in total. The first-order valence-electron chi connectivity index (χ1n) is 5.84. The van der Waals surface area contributed by atoms with Gasteiger partial charge in [0.2, 0.25) is 0 Å². The first-order valence-corrected chi connectivity index (χ1v) is 6.37. The van der Waals surface area contributed by atoms with Crippen LogP contribution in [-0.4, -0.2) is 18.6 Å². The van der Waals surface area contributed by atoms with E-state index < -0.39 is 0 Å². The lowest BCUT2D eigenvalue weighted by molar-refractivity contribution is -0.00421. The third-order valence-electron chi connectivity index (χ3n) is 3.66. The van der Waals surface area contributed by atoms with E-state index in [9.17, 15) is 0 Å². The molecule has 84 valence electrons. The fraction of sp³-hybridized carbons (Fsp3) is 0.429. The van der Waals surface area contributed by atoms with Gasteiger partial charge in [-0.25, -0.2) is 0 Å². The summed E-state index contributed by atoms with van der Waals surface area (Å²) in [5, 5.41) is 0. The number of fused-ring (bicyclic) bond motifs is 1. The third-order valence-corrected chi connectivity index (χ3v) is 3.99. The predicted octanol–water partition coefficient (Wildman–Crippen LogP) is 3.35. The molecule has 2 aliphatic rings. The maximum atomic E-state index is 6.07. The summed E-state index contributed by atoms with van der Waals surface area (Å²) in [5.74, 6) is 1.64. The summed E-state index contributed by atoms with van der Waals surface area (Å²) in [6, 6.07) is 10.6. The second-order valence-electron chi connectivity index (χ2n) is 4.48. The fourth-order valence-corrected chi connectivity index (χ4v) is 3.24. The minimum absolute atomic E-state index is 0.292. The molecule has 1 aliphatic carbocycles. The van der Waals surface area contributed by atoms with Crippen molar-refractivity contribution in [1.82, 2.24) is 0 Å². The summed E-state index contributed by atoms with van der Waals surface area (Å²) in [6.45, 7) is 0.854. The summed E-state index contributed by atoms with van der Waals surface area (Å²) in [6.07, 6.45) is 3.65. The predicted molar refractivity (Wildman–Crippen MR) is 65.8 cm³/mol. The van der Waals surface area contributed by atoms with E-state index >= 15 is 0 Å². The maximum absolute atomic E-state index is 6.07. The lowest BCUT2D eigenvalue weighted by Crippen LogP contribution is -2.46. The van der Waals surface area contributed by atoms with Crippen molar-refractivity contribution < 1.29 is 4.74 Å². The van der Waals surface area contributed by atoms with Crippen molar-refractivity contribution in [2.24, 2.45) is 5.92 Å². The minimum atomic E-state index is 0.292. The van der Waals surface area contributed by atoms with Gasteiger partial charge >= 0.3 is 0 Å². The van der Waals surface area contributed by atoms with Crippen LogP contribution in [0, 0.1) is 5.92 Å². The zero-order chi connectivity index (χ0) is 11.0. The van der Waals surface area contributed by atoms with Gasteiger partial charge in [-0.1, -0.05) is 36.4 Å². The molecule has 3 rings (SSSR count). The molecule has 0 amide bonds. The molecule has 2 heteroatoms. The van der Waals surface area contributed by atoms with Gasteiger partial charge in [-0.05, 0) is 17.6 Å². The first kappa shape index (κ1) is 10.4. The summed E-state index contributed by atoms with van der Waals surface area (Å²) < 4.78 is 5.85. The number of alkyl halides is 1. The quantitative estimate of drug-likeness (QED) is 0.563. The lowest BCUT2D eigenvalue weighted by Gasteiger charge is -2.48. The molecule has 0 bridgehead atoms. The van der Waals surface area contributed by atoms with E-state index in [1.165, 1.54) is 11.1 Å². The standard InChI is InChI=1S/C14H15ClO/c15-9-12-11-7-4-8-16-14(11)13(12)10-5-2-1-3-6-10/h1-3,5-7,12-14H,4,8-9H2/t12-,13+,14-/m1/s1. The van der Waals surface area contributed by atoms with Crippen LogP contribution in [0.4, 0.5) is 0 Å². The van der Waals surface area contributed by atoms with Gasteiger partial charge in [-0.3, -0.25) is 0 Å². The molecule has 1 aliphatic heterocycles. The molecule has 0 radical (unpaired) electrons. The highest BCUT2D eigenvalue weighted by Gasteiger charge is 2.47. The van der Waals surface area contributed by atoms with E-state index in [1.807, 2.05) is 0 Å². The average molecular weight is 235 g/mol. The highest BCUT2D eigenvalue weighted by atomic mass is 35.5. The van der Waals surface area contributed by atoms with Gasteiger partial charge in [-0.2, -0.15) is 0 Å². The number of halogens is 1. The molecule has 16 heavy (non-hydrogen) atoms. The van der Waals surface area contributed by atoms with E-state index in [1.54, 1.807) is 0 Å². The molecule has 0 spiro atoms. The summed E-state index contributed by atoms with van der Waals surface area (Å²) in [5.41, 5.74) is 2.78. The second kappa shape index (κ2) is 4.23. The Morgan fingerprint density at radius 3 is 2.81 bits per heavy atom. The highest BCUT2D eigenvalue weighted by molar-refractivity contribution is 6.18. The summed E-state index contributed by atoms with van der Waals surface area (Å²) >= 11 is 6.07. The molecule has 0 unspecified atom stereocenters. The molecule has 1 aromatic carbocycles. The Balaban J connectivity index is 1.91. The summed E-state index contributed by atoms with van der Waals surface area (Å²) in [4.78, 5) is 0. The lowest BCUT2D eigenvalue weighted by atomic mass is 9.63. The van der Waals surface area contributed by atoms with E-state index in [0.29, 0.717) is 23.8 Å². The molecule has 0 saturated heterocycles. The molecule has 1 aromatic rings. The van der Waals surface area contributed by atoms with Crippen LogP contribution in [0.1, 0.15) is 17.9 Å². The monoisotopic (exact) mass is 234 g/mol. The summed E-state index contributed by atoms with van der Waals surface area (Å²) in [7, 11) is 0. The van der Waals surface area contributed by atoms with Crippen LogP contribution >= 0.6 is 11.6 Å². The van der Waals surface area contributed by atoms with Crippen molar-refractivity contribution >= 4 is 11.6 Å². The van der Waals surface area contributed by atoms with Crippen LogP contribution in [0.5, 0.6) is 0 Å². The molecule has 3 atom stereocenters. The van der Waals surface area contributed by atoms with Crippen molar-refractivity contribution in [3.8, 4) is 0 Å². The Morgan fingerprint density at radius 2 is 2.06 bits per heavy atom. The van der Waals surface area contributed by atoms with Gasteiger partial charge in [0, 0.05) is 17.7 Å². The largest absolute Gasteiger partial charge is 0.373 e. The molecule has 0 aromatic heterocycles. The molecule has 1 heterocycles. The van der Waals surface area contributed by atoms with E-state index in [4.69, 9.17) is 16.3 Å². The number of benzene rings is 1. The number of ether oxygens (including phenoxy) is 1. The fourth-order valence-electron chi connectivity index (χ4n) is 2.87.